The molecule has 0 bridgehead atoms. The molecule has 1 N–H and O–H groups in total. The molecule has 0 aliphatic heterocycles. The largest absolute Gasteiger partial charge is 0.493 e. The minimum Gasteiger partial charge on any atom is -0.493 e. The zero-order chi connectivity index (χ0) is 16.7. The van der Waals surface area contributed by atoms with Crippen LogP contribution >= 0.6 is 11.6 Å². The van der Waals surface area contributed by atoms with Crippen molar-refractivity contribution in [2.75, 3.05) is 13.7 Å². The molecule has 2 aromatic rings. The van der Waals surface area contributed by atoms with Crippen LogP contribution in [0.15, 0.2) is 42.5 Å². The second kappa shape index (κ2) is 8.80. The fraction of sp³-hybridized carbons (Fsp3) is 0.368. The van der Waals surface area contributed by atoms with Gasteiger partial charge in [0.25, 0.3) is 0 Å². The van der Waals surface area contributed by atoms with Crippen LogP contribution in [0.3, 0.4) is 0 Å². The van der Waals surface area contributed by atoms with Gasteiger partial charge in [0.05, 0.1) is 18.7 Å². The summed E-state index contributed by atoms with van der Waals surface area (Å²) in [5, 5.41) is 4.09. The van der Waals surface area contributed by atoms with E-state index in [1.165, 1.54) is 5.56 Å². The molecule has 2 rings (SSSR count). The van der Waals surface area contributed by atoms with E-state index in [4.69, 9.17) is 21.1 Å². The van der Waals surface area contributed by atoms with E-state index in [1.54, 1.807) is 7.11 Å². The molecule has 0 aliphatic rings. The second-order valence-corrected chi connectivity index (χ2v) is 5.88. The van der Waals surface area contributed by atoms with E-state index in [-0.39, 0.29) is 6.04 Å². The van der Waals surface area contributed by atoms with E-state index < -0.39 is 0 Å². The average molecular weight is 334 g/mol. The minimum atomic E-state index is 0.261. The van der Waals surface area contributed by atoms with Crippen molar-refractivity contribution < 1.29 is 9.47 Å². The highest BCUT2D eigenvalue weighted by molar-refractivity contribution is 6.32. The molecule has 0 heterocycles. The van der Waals surface area contributed by atoms with E-state index in [0.717, 1.165) is 12.0 Å². The van der Waals surface area contributed by atoms with Gasteiger partial charge in [-0.15, -0.1) is 0 Å². The first-order valence-electron chi connectivity index (χ1n) is 7.93. The monoisotopic (exact) mass is 333 g/mol. The second-order valence-electron chi connectivity index (χ2n) is 5.47. The van der Waals surface area contributed by atoms with Crippen molar-refractivity contribution >= 4 is 11.6 Å². The molecule has 0 unspecified atom stereocenters. The molecular weight excluding hydrogens is 310 g/mol. The van der Waals surface area contributed by atoms with Gasteiger partial charge in [-0.25, -0.2) is 0 Å². The molecular formula is C19H24ClNO2. The predicted molar refractivity (Wildman–Crippen MR) is 95.5 cm³/mol. The molecule has 124 valence electrons. The van der Waals surface area contributed by atoms with Crippen molar-refractivity contribution in [1.29, 1.82) is 0 Å². The number of hydrogen-bond acceptors (Lipinski definition) is 3. The summed E-state index contributed by atoms with van der Waals surface area (Å²) in [6.45, 7) is 5.54. The predicted octanol–water partition coefficient (Wildman–Crippen LogP) is 4.99. The number of nitrogens with one attached hydrogen (secondary N) is 1. The number of hydrogen-bond donors (Lipinski definition) is 1. The highest BCUT2D eigenvalue weighted by Crippen LogP contribution is 2.36. The van der Waals surface area contributed by atoms with Gasteiger partial charge < -0.3 is 14.8 Å². The first-order valence-corrected chi connectivity index (χ1v) is 8.31. The third-order valence-electron chi connectivity index (χ3n) is 3.65. The molecule has 0 radical (unpaired) electrons. The molecule has 0 amide bonds. The topological polar surface area (TPSA) is 30.5 Å². The first kappa shape index (κ1) is 17.6. The first-order chi connectivity index (χ1) is 11.2. The number of rotatable bonds is 8. The SMILES string of the molecule is CCCOc1c(Cl)cc(CN[C@@H](C)c2ccccc2)cc1OC. The maximum absolute atomic E-state index is 6.35. The normalized spacial score (nSPS) is 12.0. The fourth-order valence-corrected chi connectivity index (χ4v) is 2.64. The Morgan fingerprint density at radius 1 is 1.17 bits per heavy atom. The Morgan fingerprint density at radius 2 is 1.91 bits per heavy atom. The third-order valence-corrected chi connectivity index (χ3v) is 3.93. The lowest BCUT2D eigenvalue weighted by Crippen LogP contribution is -2.18. The molecule has 0 spiro atoms. The van der Waals surface area contributed by atoms with Gasteiger partial charge in [0, 0.05) is 12.6 Å². The van der Waals surface area contributed by atoms with Gasteiger partial charge in [0.2, 0.25) is 0 Å². The molecule has 0 saturated carbocycles. The Hall–Kier alpha value is -1.71. The maximum atomic E-state index is 6.35. The van der Waals surface area contributed by atoms with Gasteiger partial charge in [-0.1, -0.05) is 48.9 Å². The zero-order valence-electron chi connectivity index (χ0n) is 13.9. The van der Waals surface area contributed by atoms with Crippen LogP contribution in [0.2, 0.25) is 5.02 Å². The Bertz CT molecular complexity index is 616. The van der Waals surface area contributed by atoms with E-state index in [2.05, 4.69) is 31.3 Å². The van der Waals surface area contributed by atoms with Crippen LogP contribution in [0.25, 0.3) is 0 Å². The molecule has 2 aromatic carbocycles. The number of ether oxygens (including phenoxy) is 2. The van der Waals surface area contributed by atoms with Crippen LogP contribution in [0.4, 0.5) is 0 Å². The van der Waals surface area contributed by atoms with Crippen molar-refractivity contribution in [3.05, 3.63) is 58.6 Å². The zero-order valence-corrected chi connectivity index (χ0v) is 14.7. The van der Waals surface area contributed by atoms with Crippen LogP contribution in [0.5, 0.6) is 11.5 Å². The Balaban J connectivity index is 2.07. The molecule has 0 aliphatic carbocycles. The molecule has 0 aromatic heterocycles. The van der Waals surface area contributed by atoms with E-state index >= 15 is 0 Å². The highest BCUT2D eigenvalue weighted by Gasteiger charge is 2.12. The smallest absolute Gasteiger partial charge is 0.179 e. The molecule has 0 saturated heterocycles. The summed E-state index contributed by atoms with van der Waals surface area (Å²) in [7, 11) is 1.63. The summed E-state index contributed by atoms with van der Waals surface area (Å²) < 4.78 is 11.1. The quantitative estimate of drug-likeness (QED) is 0.738. The van der Waals surface area contributed by atoms with Crippen LogP contribution in [0.1, 0.15) is 37.4 Å². The van der Waals surface area contributed by atoms with Crippen LogP contribution in [-0.2, 0) is 6.54 Å². The maximum Gasteiger partial charge on any atom is 0.179 e. The molecule has 0 fully saturated rings. The van der Waals surface area contributed by atoms with Crippen molar-refractivity contribution in [3.63, 3.8) is 0 Å². The summed E-state index contributed by atoms with van der Waals surface area (Å²) in [6.07, 6.45) is 0.928. The van der Waals surface area contributed by atoms with Crippen LogP contribution < -0.4 is 14.8 Å². The molecule has 1 atom stereocenters. The van der Waals surface area contributed by atoms with Crippen molar-refractivity contribution in [2.24, 2.45) is 0 Å². The van der Waals surface area contributed by atoms with Gasteiger partial charge in [0.1, 0.15) is 0 Å². The van der Waals surface area contributed by atoms with Gasteiger partial charge in [-0.05, 0) is 36.6 Å². The van der Waals surface area contributed by atoms with Gasteiger partial charge >= 0.3 is 0 Å². The Kier molecular flexibility index (Phi) is 6.75. The summed E-state index contributed by atoms with van der Waals surface area (Å²) in [5.41, 5.74) is 2.33. The van der Waals surface area contributed by atoms with Crippen LogP contribution in [-0.4, -0.2) is 13.7 Å². The highest BCUT2D eigenvalue weighted by atomic mass is 35.5. The average Bonchev–Trinajstić information content (AvgIpc) is 2.59. The lowest BCUT2D eigenvalue weighted by molar-refractivity contribution is 0.294. The lowest BCUT2D eigenvalue weighted by atomic mass is 10.1. The summed E-state index contributed by atoms with van der Waals surface area (Å²) in [4.78, 5) is 0. The lowest BCUT2D eigenvalue weighted by Gasteiger charge is -2.17. The number of halogens is 1. The van der Waals surface area contributed by atoms with E-state index in [1.807, 2.05) is 30.3 Å². The third kappa shape index (κ3) is 4.88. The van der Waals surface area contributed by atoms with Crippen molar-refractivity contribution in [3.8, 4) is 11.5 Å². The minimum absolute atomic E-state index is 0.261. The van der Waals surface area contributed by atoms with Gasteiger partial charge in [-0.2, -0.15) is 0 Å². The standard InChI is InChI=1S/C19H24ClNO2/c1-4-10-23-19-17(20)11-15(12-18(19)22-3)13-21-14(2)16-8-6-5-7-9-16/h5-9,11-12,14,21H,4,10,13H2,1-3H3/t14-/m0/s1. The van der Waals surface area contributed by atoms with Crippen molar-refractivity contribution in [1.82, 2.24) is 5.32 Å². The van der Waals surface area contributed by atoms with Gasteiger partial charge in [0.15, 0.2) is 11.5 Å². The summed E-state index contributed by atoms with van der Waals surface area (Å²) in [6, 6.07) is 14.5. The molecule has 3 nitrogen and oxygen atoms in total. The number of methoxy groups -OCH3 is 1. The number of benzene rings is 2. The van der Waals surface area contributed by atoms with E-state index in [9.17, 15) is 0 Å². The Morgan fingerprint density at radius 3 is 2.57 bits per heavy atom. The Labute approximate surface area is 143 Å². The summed E-state index contributed by atoms with van der Waals surface area (Å²) >= 11 is 6.35. The fourth-order valence-electron chi connectivity index (χ4n) is 2.35. The molecule has 23 heavy (non-hydrogen) atoms. The van der Waals surface area contributed by atoms with Crippen LogP contribution in [0, 0.1) is 0 Å². The van der Waals surface area contributed by atoms with Gasteiger partial charge in [-0.3, -0.25) is 0 Å². The van der Waals surface area contributed by atoms with E-state index in [0.29, 0.717) is 29.7 Å². The summed E-state index contributed by atoms with van der Waals surface area (Å²) in [5.74, 6) is 1.30. The van der Waals surface area contributed by atoms with Crippen molar-refractivity contribution in [2.45, 2.75) is 32.9 Å². The molecule has 4 heteroatoms.